The van der Waals surface area contributed by atoms with Crippen molar-refractivity contribution in [3.63, 3.8) is 0 Å². The fourth-order valence-corrected chi connectivity index (χ4v) is 3.22. The van der Waals surface area contributed by atoms with E-state index in [2.05, 4.69) is 5.32 Å². The molecule has 0 aliphatic rings. The maximum atomic E-state index is 12.3. The van der Waals surface area contributed by atoms with E-state index in [1.165, 1.54) is 4.31 Å². The SMILES string of the molecule is CCCN(CC(=O)Nc1c(CC)cccc1CC)S(C)(=O)=O. The lowest BCUT2D eigenvalue weighted by Crippen LogP contribution is -2.38. The van der Waals surface area contributed by atoms with Crippen LogP contribution >= 0.6 is 0 Å². The highest BCUT2D eigenvalue weighted by atomic mass is 32.2. The summed E-state index contributed by atoms with van der Waals surface area (Å²) in [7, 11) is -3.37. The fourth-order valence-electron chi connectivity index (χ4n) is 2.35. The molecular weight excluding hydrogens is 300 g/mol. The van der Waals surface area contributed by atoms with E-state index in [-0.39, 0.29) is 12.5 Å². The maximum Gasteiger partial charge on any atom is 0.239 e. The van der Waals surface area contributed by atoms with Gasteiger partial charge in [-0.25, -0.2) is 8.42 Å². The molecule has 1 aromatic carbocycles. The van der Waals surface area contributed by atoms with Crippen LogP contribution in [0.2, 0.25) is 0 Å². The third kappa shape index (κ3) is 5.10. The monoisotopic (exact) mass is 326 g/mol. The van der Waals surface area contributed by atoms with Crippen molar-refractivity contribution in [3.05, 3.63) is 29.3 Å². The molecule has 0 radical (unpaired) electrons. The van der Waals surface area contributed by atoms with Crippen molar-refractivity contribution in [2.24, 2.45) is 0 Å². The molecule has 1 rings (SSSR count). The second kappa shape index (κ2) is 8.29. The van der Waals surface area contributed by atoms with Crippen LogP contribution in [0.25, 0.3) is 0 Å². The second-order valence-electron chi connectivity index (χ2n) is 5.30. The molecule has 1 amide bonds. The fraction of sp³-hybridized carbons (Fsp3) is 0.562. The highest BCUT2D eigenvalue weighted by molar-refractivity contribution is 7.88. The summed E-state index contributed by atoms with van der Waals surface area (Å²) >= 11 is 0. The van der Waals surface area contributed by atoms with Crippen LogP contribution in [-0.4, -0.2) is 38.0 Å². The summed E-state index contributed by atoms with van der Waals surface area (Å²) < 4.78 is 24.6. The Morgan fingerprint density at radius 2 is 1.68 bits per heavy atom. The van der Waals surface area contributed by atoms with Crippen molar-refractivity contribution >= 4 is 21.6 Å². The highest BCUT2D eigenvalue weighted by Crippen LogP contribution is 2.22. The Kier molecular flexibility index (Phi) is 7.03. The lowest BCUT2D eigenvalue weighted by atomic mass is 10.0. The van der Waals surface area contributed by atoms with Gasteiger partial charge >= 0.3 is 0 Å². The van der Waals surface area contributed by atoms with E-state index in [0.29, 0.717) is 13.0 Å². The van der Waals surface area contributed by atoms with E-state index in [1.54, 1.807) is 0 Å². The quantitative estimate of drug-likeness (QED) is 0.798. The van der Waals surface area contributed by atoms with Gasteiger partial charge in [0.2, 0.25) is 15.9 Å². The van der Waals surface area contributed by atoms with Crippen LogP contribution in [0, 0.1) is 0 Å². The molecule has 0 unspecified atom stereocenters. The number of hydrogen-bond donors (Lipinski definition) is 1. The average molecular weight is 326 g/mol. The number of aryl methyl sites for hydroxylation is 2. The van der Waals surface area contributed by atoms with Crippen LogP contribution in [-0.2, 0) is 27.7 Å². The molecule has 124 valence electrons. The first kappa shape index (κ1) is 18.6. The van der Waals surface area contributed by atoms with E-state index in [1.807, 2.05) is 39.0 Å². The number of sulfonamides is 1. The van der Waals surface area contributed by atoms with Crippen molar-refractivity contribution in [1.82, 2.24) is 4.31 Å². The standard InChI is InChI=1S/C16H26N2O3S/c1-5-11-18(22(4,20)21)12-15(19)17-16-13(6-2)9-8-10-14(16)7-3/h8-10H,5-7,11-12H2,1-4H3,(H,17,19). The van der Waals surface area contributed by atoms with Crippen LogP contribution in [0.5, 0.6) is 0 Å². The molecule has 22 heavy (non-hydrogen) atoms. The smallest absolute Gasteiger partial charge is 0.239 e. The Hall–Kier alpha value is -1.40. The second-order valence-corrected chi connectivity index (χ2v) is 7.29. The molecule has 0 saturated heterocycles. The van der Waals surface area contributed by atoms with Crippen LogP contribution in [0.3, 0.4) is 0 Å². The molecule has 5 nitrogen and oxygen atoms in total. The minimum atomic E-state index is -3.37. The zero-order valence-corrected chi connectivity index (χ0v) is 14.7. The lowest BCUT2D eigenvalue weighted by molar-refractivity contribution is -0.116. The molecule has 0 aliphatic heterocycles. The summed E-state index contributed by atoms with van der Waals surface area (Å²) in [6.07, 6.45) is 3.43. The predicted molar refractivity (Wildman–Crippen MR) is 90.5 cm³/mol. The molecule has 0 fully saturated rings. The molecule has 1 aromatic rings. The van der Waals surface area contributed by atoms with Crippen molar-refractivity contribution in [2.75, 3.05) is 24.7 Å². The highest BCUT2D eigenvalue weighted by Gasteiger charge is 2.20. The summed E-state index contributed by atoms with van der Waals surface area (Å²) in [4.78, 5) is 12.3. The van der Waals surface area contributed by atoms with E-state index >= 15 is 0 Å². The summed E-state index contributed by atoms with van der Waals surface area (Å²) in [5, 5.41) is 2.90. The molecular formula is C16H26N2O3S. The van der Waals surface area contributed by atoms with E-state index < -0.39 is 10.0 Å². The number of nitrogens with zero attached hydrogens (tertiary/aromatic N) is 1. The Balaban J connectivity index is 2.93. The number of hydrogen-bond acceptors (Lipinski definition) is 3. The van der Waals surface area contributed by atoms with Crippen molar-refractivity contribution in [3.8, 4) is 0 Å². The van der Waals surface area contributed by atoms with Gasteiger partial charge in [0, 0.05) is 12.2 Å². The molecule has 0 heterocycles. The third-order valence-electron chi connectivity index (χ3n) is 3.53. The Morgan fingerprint density at radius 3 is 2.09 bits per heavy atom. The van der Waals surface area contributed by atoms with Gasteiger partial charge in [0.25, 0.3) is 0 Å². The van der Waals surface area contributed by atoms with Crippen molar-refractivity contribution in [2.45, 2.75) is 40.0 Å². The van der Waals surface area contributed by atoms with Gasteiger partial charge in [-0.15, -0.1) is 0 Å². The topological polar surface area (TPSA) is 66.5 Å². The maximum absolute atomic E-state index is 12.3. The third-order valence-corrected chi connectivity index (χ3v) is 4.77. The largest absolute Gasteiger partial charge is 0.324 e. The first-order valence-corrected chi connectivity index (χ1v) is 9.54. The lowest BCUT2D eigenvalue weighted by Gasteiger charge is -2.20. The zero-order valence-electron chi connectivity index (χ0n) is 13.8. The number of para-hydroxylation sites is 1. The summed E-state index contributed by atoms with van der Waals surface area (Å²) in [6, 6.07) is 5.94. The number of anilines is 1. The van der Waals surface area contributed by atoms with Gasteiger partial charge in [-0.05, 0) is 30.4 Å². The van der Waals surface area contributed by atoms with E-state index in [9.17, 15) is 13.2 Å². The van der Waals surface area contributed by atoms with Gasteiger partial charge < -0.3 is 5.32 Å². The average Bonchev–Trinajstić information content (AvgIpc) is 2.46. The molecule has 6 heteroatoms. The number of rotatable bonds is 8. The number of nitrogens with one attached hydrogen (secondary N) is 1. The molecule has 0 bridgehead atoms. The van der Waals surface area contributed by atoms with Gasteiger partial charge in [0.15, 0.2) is 0 Å². The summed E-state index contributed by atoms with van der Waals surface area (Å²) in [5.41, 5.74) is 2.95. The molecule has 0 saturated carbocycles. The van der Waals surface area contributed by atoms with Crippen LogP contribution < -0.4 is 5.32 Å². The van der Waals surface area contributed by atoms with Gasteiger partial charge in [0.1, 0.15) is 0 Å². The molecule has 0 spiro atoms. The Morgan fingerprint density at radius 1 is 1.14 bits per heavy atom. The number of amides is 1. The normalized spacial score (nSPS) is 11.7. The summed E-state index contributed by atoms with van der Waals surface area (Å²) in [6.45, 7) is 6.16. The number of carbonyl (C=O) groups is 1. The van der Waals surface area contributed by atoms with Crippen molar-refractivity contribution < 1.29 is 13.2 Å². The van der Waals surface area contributed by atoms with E-state index in [4.69, 9.17) is 0 Å². The first-order valence-electron chi connectivity index (χ1n) is 7.69. The molecule has 0 aromatic heterocycles. The minimum absolute atomic E-state index is 0.145. The van der Waals surface area contributed by atoms with Crippen molar-refractivity contribution in [1.29, 1.82) is 0 Å². The zero-order chi connectivity index (χ0) is 16.8. The van der Waals surface area contributed by atoms with Gasteiger partial charge in [-0.3, -0.25) is 4.79 Å². The van der Waals surface area contributed by atoms with Gasteiger partial charge in [-0.2, -0.15) is 4.31 Å². The Bertz CT molecular complexity index is 590. The van der Waals surface area contributed by atoms with Crippen LogP contribution in [0.4, 0.5) is 5.69 Å². The minimum Gasteiger partial charge on any atom is -0.324 e. The van der Waals surface area contributed by atoms with Gasteiger partial charge in [0.05, 0.1) is 12.8 Å². The van der Waals surface area contributed by atoms with E-state index in [0.717, 1.165) is 35.9 Å². The van der Waals surface area contributed by atoms with Crippen LogP contribution in [0.1, 0.15) is 38.3 Å². The van der Waals surface area contributed by atoms with Crippen LogP contribution in [0.15, 0.2) is 18.2 Å². The molecule has 0 aliphatic carbocycles. The number of carbonyl (C=O) groups excluding carboxylic acids is 1. The predicted octanol–water partition coefficient (Wildman–Crippen LogP) is 2.42. The summed E-state index contributed by atoms with van der Waals surface area (Å²) in [5.74, 6) is -0.297. The Labute approximate surface area is 133 Å². The molecule has 1 N–H and O–H groups in total. The van der Waals surface area contributed by atoms with Gasteiger partial charge in [-0.1, -0.05) is 39.0 Å². The molecule has 0 atom stereocenters. The number of benzene rings is 1. The first-order chi connectivity index (χ1) is 10.3.